The molecule has 0 aromatic carbocycles. The number of piperazine rings is 1. The van der Waals surface area contributed by atoms with E-state index in [0.717, 1.165) is 13.1 Å². The highest BCUT2D eigenvalue weighted by Crippen LogP contribution is 2.14. The maximum Gasteiger partial charge on any atom is 0.245 e. The molecule has 2 fully saturated rings. The van der Waals surface area contributed by atoms with Crippen molar-refractivity contribution in [2.24, 2.45) is 0 Å². The Morgan fingerprint density at radius 3 is 2.50 bits per heavy atom. The Morgan fingerprint density at radius 2 is 1.90 bits per heavy atom. The van der Waals surface area contributed by atoms with E-state index in [2.05, 4.69) is 20.2 Å². The molecule has 1 atom stereocenters. The summed E-state index contributed by atoms with van der Waals surface area (Å²) in [5.74, 6) is 0.706. The lowest BCUT2D eigenvalue weighted by Crippen LogP contribution is -2.53. The van der Waals surface area contributed by atoms with Crippen LogP contribution in [0.25, 0.3) is 0 Å². The Balaban J connectivity index is 1.56. The Labute approximate surface area is 117 Å². The van der Waals surface area contributed by atoms with Crippen molar-refractivity contribution >= 4 is 17.8 Å². The van der Waals surface area contributed by atoms with Gasteiger partial charge in [-0.25, -0.2) is 9.97 Å². The van der Waals surface area contributed by atoms with Crippen LogP contribution in [0.2, 0.25) is 0 Å². The third kappa shape index (κ3) is 2.56. The largest absolute Gasteiger partial charge is 0.344 e. The molecule has 2 aliphatic heterocycles. The van der Waals surface area contributed by atoms with Crippen LogP contribution in [0.1, 0.15) is 12.8 Å². The van der Waals surface area contributed by atoms with Crippen molar-refractivity contribution in [3.63, 3.8) is 0 Å². The number of amides is 2. The molecular formula is C13H17N5O2. The molecule has 2 amide bonds. The van der Waals surface area contributed by atoms with E-state index in [9.17, 15) is 9.59 Å². The molecule has 2 saturated heterocycles. The summed E-state index contributed by atoms with van der Waals surface area (Å²) < 4.78 is 0. The Kier molecular flexibility index (Phi) is 3.49. The van der Waals surface area contributed by atoms with E-state index in [0.29, 0.717) is 31.9 Å². The molecule has 2 aliphatic rings. The smallest absolute Gasteiger partial charge is 0.245 e. The molecule has 7 heteroatoms. The topological polar surface area (TPSA) is 78.4 Å². The fourth-order valence-corrected chi connectivity index (χ4v) is 2.60. The lowest BCUT2D eigenvalue weighted by atomic mass is 10.2. The zero-order chi connectivity index (χ0) is 13.9. The van der Waals surface area contributed by atoms with E-state index >= 15 is 0 Å². The van der Waals surface area contributed by atoms with Crippen molar-refractivity contribution in [1.82, 2.24) is 20.2 Å². The van der Waals surface area contributed by atoms with Gasteiger partial charge < -0.3 is 15.1 Å². The van der Waals surface area contributed by atoms with Crippen LogP contribution in [0.3, 0.4) is 0 Å². The number of carbonyl (C=O) groups is 2. The van der Waals surface area contributed by atoms with Crippen LogP contribution < -0.4 is 10.2 Å². The maximum absolute atomic E-state index is 12.3. The Bertz CT molecular complexity index is 499. The molecule has 3 rings (SSSR count). The van der Waals surface area contributed by atoms with Gasteiger partial charge >= 0.3 is 0 Å². The molecule has 106 valence electrons. The third-order valence-electron chi connectivity index (χ3n) is 3.72. The van der Waals surface area contributed by atoms with Gasteiger partial charge in [-0.15, -0.1) is 0 Å². The van der Waals surface area contributed by atoms with E-state index in [1.54, 1.807) is 18.5 Å². The van der Waals surface area contributed by atoms with Crippen molar-refractivity contribution in [3.8, 4) is 0 Å². The summed E-state index contributed by atoms with van der Waals surface area (Å²) >= 11 is 0. The number of hydrogen-bond acceptors (Lipinski definition) is 5. The number of nitrogens with one attached hydrogen (secondary N) is 1. The van der Waals surface area contributed by atoms with Crippen LogP contribution in [-0.2, 0) is 9.59 Å². The van der Waals surface area contributed by atoms with Gasteiger partial charge in [-0.3, -0.25) is 9.59 Å². The first-order valence-corrected chi connectivity index (χ1v) is 6.84. The molecule has 0 radical (unpaired) electrons. The van der Waals surface area contributed by atoms with E-state index < -0.39 is 0 Å². The van der Waals surface area contributed by atoms with Gasteiger partial charge in [-0.2, -0.15) is 0 Å². The fraction of sp³-hybridized carbons (Fsp3) is 0.538. The minimum absolute atomic E-state index is 0.0281. The quantitative estimate of drug-likeness (QED) is 0.780. The number of nitrogens with zero attached hydrogens (tertiary/aromatic N) is 4. The van der Waals surface area contributed by atoms with Crippen molar-refractivity contribution in [2.45, 2.75) is 18.9 Å². The van der Waals surface area contributed by atoms with Gasteiger partial charge in [0.05, 0.1) is 0 Å². The normalized spacial score (nSPS) is 22.8. The first-order valence-electron chi connectivity index (χ1n) is 6.84. The van der Waals surface area contributed by atoms with Gasteiger partial charge in [0.2, 0.25) is 17.8 Å². The fourth-order valence-electron chi connectivity index (χ4n) is 2.60. The minimum atomic E-state index is -0.331. The number of rotatable bonds is 2. The average molecular weight is 275 g/mol. The van der Waals surface area contributed by atoms with Gasteiger partial charge in [0.1, 0.15) is 6.04 Å². The molecule has 1 aromatic heterocycles. The molecule has 0 spiro atoms. The number of carbonyl (C=O) groups excluding carboxylic acids is 2. The predicted octanol–water partition coefficient (Wildman–Crippen LogP) is -0.596. The zero-order valence-corrected chi connectivity index (χ0v) is 11.2. The maximum atomic E-state index is 12.3. The van der Waals surface area contributed by atoms with Crippen molar-refractivity contribution < 1.29 is 9.59 Å². The van der Waals surface area contributed by atoms with Gasteiger partial charge in [-0.1, -0.05) is 0 Å². The SMILES string of the molecule is O=C1CCC(C(=O)N2CCN(c3ncccn3)CC2)N1. The summed E-state index contributed by atoms with van der Waals surface area (Å²) in [6, 6.07) is 1.45. The molecule has 0 aliphatic carbocycles. The zero-order valence-electron chi connectivity index (χ0n) is 11.2. The molecular weight excluding hydrogens is 258 g/mol. The lowest BCUT2D eigenvalue weighted by Gasteiger charge is -2.35. The number of anilines is 1. The average Bonchev–Trinajstić information content (AvgIpc) is 2.94. The first kappa shape index (κ1) is 12.8. The number of hydrogen-bond donors (Lipinski definition) is 1. The first-order chi connectivity index (χ1) is 9.74. The van der Waals surface area contributed by atoms with Crippen LogP contribution in [0.5, 0.6) is 0 Å². The Hall–Kier alpha value is -2.18. The van der Waals surface area contributed by atoms with Gasteiger partial charge in [0, 0.05) is 45.0 Å². The second-order valence-corrected chi connectivity index (χ2v) is 5.02. The second kappa shape index (κ2) is 5.44. The standard InChI is InChI=1S/C13H17N5O2/c19-11-3-2-10(16-11)12(20)17-6-8-18(9-7-17)13-14-4-1-5-15-13/h1,4-5,10H,2-3,6-9H2,(H,16,19). The van der Waals surface area contributed by atoms with E-state index in [4.69, 9.17) is 0 Å². The summed E-state index contributed by atoms with van der Waals surface area (Å²) in [4.78, 5) is 35.7. The molecule has 1 unspecified atom stereocenters. The number of aromatic nitrogens is 2. The third-order valence-corrected chi connectivity index (χ3v) is 3.72. The molecule has 7 nitrogen and oxygen atoms in total. The van der Waals surface area contributed by atoms with Crippen LogP contribution in [0.4, 0.5) is 5.95 Å². The monoisotopic (exact) mass is 275 g/mol. The highest BCUT2D eigenvalue weighted by atomic mass is 16.2. The molecule has 0 saturated carbocycles. The van der Waals surface area contributed by atoms with Crippen LogP contribution in [-0.4, -0.2) is 58.9 Å². The molecule has 0 bridgehead atoms. The van der Waals surface area contributed by atoms with Crippen LogP contribution in [0, 0.1) is 0 Å². The van der Waals surface area contributed by atoms with Gasteiger partial charge in [-0.05, 0) is 12.5 Å². The summed E-state index contributed by atoms with van der Waals surface area (Å²) in [6.07, 6.45) is 4.50. The van der Waals surface area contributed by atoms with Crippen LogP contribution >= 0.6 is 0 Å². The molecule has 1 N–H and O–H groups in total. The van der Waals surface area contributed by atoms with Crippen LogP contribution in [0.15, 0.2) is 18.5 Å². The van der Waals surface area contributed by atoms with Crippen molar-refractivity contribution in [2.75, 3.05) is 31.1 Å². The van der Waals surface area contributed by atoms with E-state index in [1.807, 2.05) is 4.90 Å². The van der Waals surface area contributed by atoms with E-state index in [-0.39, 0.29) is 17.9 Å². The summed E-state index contributed by atoms with van der Waals surface area (Å²) in [6.45, 7) is 2.72. The van der Waals surface area contributed by atoms with Gasteiger partial charge in [0.25, 0.3) is 0 Å². The van der Waals surface area contributed by atoms with Gasteiger partial charge in [0.15, 0.2) is 0 Å². The molecule has 20 heavy (non-hydrogen) atoms. The predicted molar refractivity (Wildman–Crippen MR) is 72.0 cm³/mol. The molecule has 3 heterocycles. The molecule has 1 aromatic rings. The Morgan fingerprint density at radius 1 is 1.20 bits per heavy atom. The van der Waals surface area contributed by atoms with Crippen molar-refractivity contribution in [1.29, 1.82) is 0 Å². The van der Waals surface area contributed by atoms with Crippen molar-refractivity contribution in [3.05, 3.63) is 18.5 Å². The summed E-state index contributed by atoms with van der Waals surface area (Å²) in [7, 11) is 0. The summed E-state index contributed by atoms with van der Waals surface area (Å²) in [5.41, 5.74) is 0. The highest BCUT2D eigenvalue weighted by molar-refractivity contribution is 5.90. The summed E-state index contributed by atoms with van der Waals surface area (Å²) in [5, 5.41) is 2.73. The highest BCUT2D eigenvalue weighted by Gasteiger charge is 2.32. The second-order valence-electron chi connectivity index (χ2n) is 5.02. The van der Waals surface area contributed by atoms with E-state index in [1.165, 1.54) is 0 Å². The minimum Gasteiger partial charge on any atom is -0.344 e. The lowest BCUT2D eigenvalue weighted by molar-refractivity contribution is -0.134.